The van der Waals surface area contributed by atoms with E-state index < -0.39 is 0 Å². The second-order valence-electron chi connectivity index (χ2n) is 12.6. The summed E-state index contributed by atoms with van der Waals surface area (Å²) in [4.78, 5) is 2.40. The van der Waals surface area contributed by atoms with Gasteiger partial charge in [0.15, 0.2) is 0 Å². The number of fused-ring (bicyclic) bond motifs is 4. The van der Waals surface area contributed by atoms with E-state index in [0.717, 1.165) is 22.7 Å². The van der Waals surface area contributed by atoms with Crippen molar-refractivity contribution in [3.8, 4) is 27.9 Å². The van der Waals surface area contributed by atoms with Crippen molar-refractivity contribution in [3.05, 3.63) is 194 Å². The third-order valence-corrected chi connectivity index (χ3v) is 9.67. The standard InChI is InChI=1S/C47H34N2/c1-33-29-30-35-17-8-9-24-41(35)46(33)37-19-13-23-40(32-37)49-43-26-11-10-25-42(43)47-44(27-14-28-45(47)49)48(38-20-6-3-7-21-38)39-22-12-18-36(31-39)34-15-4-2-5-16-34/h2-32H,1H3. The molecule has 232 valence electrons. The molecule has 0 fully saturated rings. The number of hydrogen-bond donors (Lipinski definition) is 0. The highest BCUT2D eigenvalue weighted by Gasteiger charge is 2.21. The van der Waals surface area contributed by atoms with Crippen LogP contribution in [0, 0.1) is 6.92 Å². The molecule has 0 spiro atoms. The van der Waals surface area contributed by atoms with Crippen molar-refractivity contribution in [1.82, 2.24) is 4.57 Å². The van der Waals surface area contributed by atoms with Crippen LogP contribution in [0.4, 0.5) is 17.1 Å². The zero-order valence-corrected chi connectivity index (χ0v) is 27.3. The van der Waals surface area contributed by atoms with Crippen LogP contribution in [0.1, 0.15) is 5.56 Å². The minimum Gasteiger partial charge on any atom is -0.310 e. The number of anilines is 3. The quantitative estimate of drug-likeness (QED) is 0.178. The average Bonchev–Trinajstić information content (AvgIpc) is 3.51. The van der Waals surface area contributed by atoms with Crippen LogP contribution in [0.3, 0.4) is 0 Å². The monoisotopic (exact) mass is 626 g/mol. The van der Waals surface area contributed by atoms with Crippen LogP contribution in [0.5, 0.6) is 0 Å². The number of aryl methyl sites for hydroxylation is 1. The first-order chi connectivity index (χ1) is 24.2. The van der Waals surface area contributed by atoms with Crippen molar-refractivity contribution in [2.24, 2.45) is 0 Å². The minimum absolute atomic E-state index is 1.12. The maximum atomic E-state index is 2.43. The van der Waals surface area contributed by atoms with E-state index in [9.17, 15) is 0 Å². The zero-order valence-electron chi connectivity index (χ0n) is 27.3. The van der Waals surface area contributed by atoms with Crippen LogP contribution in [0.2, 0.25) is 0 Å². The van der Waals surface area contributed by atoms with E-state index in [1.54, 1.807) is 0 Å². The van der Waals surface area contributed by atoms with E-state index in [-0.39, 0.29) is 0 Å². The Labute approximate surface area is 286 Å². The molecule has 2 heteroatoms. The van der Waals surface area contributed by atoms with E-state index in [2.05, 4.69) is 204 Å². The summed E-state index contributed by atoms with van der Waals surface area (Å²) in [6, 6.07) is 67.9. The van der Waals surface area contributed by atoms with E-state index in [1.165, 1.54) is 60.4 Å². The highest BCUT2D eigenvalue weighted by atomic mass is 15.1. The summed E-state index contributed by atoms with van der Waals surface area (Å²) in [7, 11) is 0. The largest absolute Gasteiger partial charge is 0.310 e. The number of para-hydroxylation sites is 2. The third-order valence-electron chi connectivity index (χ3n) is 9.67. The fourth-order valence-corrected chi connectivity index (χ4v) is 7.49. The SMILES string of the molecule is Cc1ccc2ccccc2c1-c1cccc(-n2c3ccccc3c3c(N(c4ccccc4)c4cccc(-c5ccccc5)c4)cccc32)c1. The molecule has 2 nitrogen and oxygen atoms in total. The van der Waals surface area contributed by atoms with Crippen LogP contribution in [0.15, 0.2) is 188 Å². The highest BCUT2D eigenvalue weighted by Crippen LogP contribution is 2.44. The molecule has 0 amide bonds. The molecule has 0 saturated carbocycles. The first-order valence-corrected chi connectivity index (χ1v) is 16.9. The lowest BCUT2D eigenvalue weighted by Gasteiger charge is -2.27. The second-order valence-corrected chi connectivity index (χ2v) is 12.6. The highest BCUT2D eigenvalue weighted by molar-refractivity contribution is 6.16. The van der Waals surface area contributed by atoms with E-state index in [0.29, 0.717) is 0 Å². The molecule has 9 aromatic rings. The number of nitrogens with zero attached hydrogens (tertiary/aromatic N) is 2. The maximum absolute atomic E-state index is 2.43. The van der Waals surface area contributed by atoms with E-state index >= 15 is 0 Å². The summed E-state index contributed by atoms with van der Waals surface area (Å²) in [6.45, 7) is 2.21. The number of benzene rings is 8. The topological polar surface area (TPSA) is 8.17 Å². The summed E-state index contributed by atoms with van der Waals surface area (Å²) in [5, 5.41) is 4.98. The summed E-state index contributed by atoms with van der Waals surface area (Å²) in [5.41, 5.74) is 13.0. The van der Waals surface area contributed by atoms with Crippen LogP contribution in [-0.2, 0) is 0 Å². The molecule has 0 N–H and O–H groups in total. The van der Waals surface area contributed by atoms with Gasteiger partial charge in [0.05, 0.1) is 16.7 Å². The summed E-state index contributed by atoms with van der Waals surface area (Å²) < 4.78 is 2.43. The molecule has 0 bridgehead atoms. The van der Waals surface area contributed by atoms with E-state index in [1.807, 2.05) is 0 Å². The number of rotatable bonds is 6. The molecule has 0 aliphatic heterocycles. The van der Waals surface area contributed by atoms with Gasteiger partial charge in [-0.25, -0.2) is 0 Å². The van der Waals surface area contributed by atoms with Gasteiger partial charge in [-0.3, -0.25) is 0 Å². The van der Waals surface area contributed by atoms with Gasteiger partial charge in [0.25, 0.3) is 0 Å². The normalized spacial score (nSPS) is 11.4. The van der Waals surface area contributed by atoms with Crippen molar-refractivity contribution >= 4 is 49.6 Å². The molecule has 0 radical (unpaired) electrons. The molecule has 1 aromatic heterocycles. The molecule has 49 heavy (non-hydrogen) atoms. The predicted molar refractivity (Wildman–Crippen MR) is 209 cm³/mol. The lowest BCUT2D eigenvalue weighted by molar-refractivity contribution is 1.18. The average molecular weight is 627 g/mol. The Morgan fingerprint density at radius 2 is 1.06 bits per heavy atom. The number of hydrogen-bond acceptors (Lipinski definition) is 1. The molecule has 8 aromatic carbocycles. The van der Waals surface area contributed by atoms with Crippen molar-refractivity contribution < 1.29 is 0 Å². The third kappa shape index (κ3) is 4.97. The molecule has 0 unspecified atom stereocenters. The molecule has 9 rings (SSSR count). The Bertz CT molecular complexity index is 2610. The molecule has 1 heterocycles. The smallest absolute Gasteiger partial charge is 0.0562 e. The van der Waals surface area contributed by atoms with Crippen molar-refractivity contribution in [1.29, 1.82) is 0 Å². The summed E-state index contributed by atoms with van der Waals surface area (Å²) >= 11 is 0. The van der Waals surface area contributed by atoms with Gasteiger partial charge in [-0.05, 0) is 100 Å². The first-order valence-electron chi connectivity index (χ1n) is 16.9. The van der Waals surface area contributed by atoms with Gasteiger partial charge in [-0.15, -0.1) is 0 Å². The Morgan fingerprint density at radius 1 is 0.429 bits per heavy atom. The fraction of sp³-hybridized carbons (Fsp3) is 0.0213. The molecule has 0 saturated heterocycles. The van der Waals surface area contributed by atoms with Crippen LogP contribution < -0.4 is 4.90 Å². The van der Waals surface area contributed by atoms with Crippen LogP contribution >= 0.6 is 0 Å². The maximum Gasteiger partial charge on any atom is 0.0562 e. The molecular formula is C47H34N2. The fourth-order valence-electron chi connectivity index (χ4n) is 7.49. The minimum atomic E-state index is 1.12. The number of aromatic nitrogens is 1. The Morgan fingerprint density at radius 3 is 1.92 bits per heavy atom. The van der Waals surface area contributed by atoms with Crippen molar-refractivity contribution in [2.45, 2.75) is 6.92 Å². The van der Waals surface area contributed by atoms with E-state index in [4.69, 9.17) is 0 Å². The Hall–Kier alpha value is -6.38. The zero-order chi connectivity index (χ0) is 32.7. The lowest BCUT2D eigenvalue weighted by atomic mass is 9.94. The van der Waals surface area contributed by atoms with Gasteiger partial charge in [-0.1, -0.05) is 133 Å². The Balaban J connectivity index is 1.28. The van der Waals surface area contributed by atoms with Crippen molar-refractivity contribution in [2.75, 3.05) is 4.90 Å². The Kier molecular flexibility index (Phi) is 7.06. The lowest BCUT2D eigenvalue weighted by Crippen LogP contribution is -2.10. The van der Waals surface area contributed by atoms with Gasteiger partial charge >= 0.3 is 0 Å². The van der Waals surface area contributed by atoms with Gasteiger partial charge in [0.1, 0.15) is 0 Å². The molecule has 0 aliphatic rings. The summed E-state index contributed by atoms with van der Waals surface area (Å²) in [6.07, 6.45) is 0. The second kappa shape index (κ2) is 12.0. The molecule has 0 atom stereocenters. The van der Waals surface area contributed by atoms with Crippen LogP contribution in [-0.4, -0.2) is 4.57 Å². The predicted octanol–water partition coefficient (Wildman–Crippen LogP) is 13.0. The molecular weight excluding hydrogens is 593 g/mol. The van der Waals surface area contributed by atoms with Gasteiger partial charge in [0, 0.05) is 27.8 Å². The first kappa shape index (κ1) is 28.8. The molecule has 0 aliphatic carbocycles. The van der Waals surface area contributed by atoms with Gasteiger partial charge in [-0.2, -0.15) is 0 Å². The summed E-state index contributed by atoms with van der Waals surface area (Å²) in [5.74, 6) is 0. The van der Waals surface area contributed by atoms with Crippen molar-refractivity contribution in [3.63, 3.8) is 0 Å². The van der Waals surface area contributed by atoms with Crippen LogP contribution in [0.25, 0.3) is 60.5 Å². The van der Waals surface area contributed by atoms with Gasteiger partial charge < -0.3 is 9.47 Å². The van der Waals surface area contributed by atoms with Gasteiger partial charge in [0.2, 0.25) is 0 Å².